The molecule has 0 aliphatic carbocycles. The summed E-state index contributed by atoms with van der Waals surface area (Å²) in [5.41, 5.74) is 0. The zero-order chi connectivity index (χ0) is 61.5. The molecule has 472 valence electrons. The SMILES string of the molecule is C/C=C/C=C/C=C/C=C/C=C/[C@H](C)[C@@H](O)[C@@H](C)[C@H](C)OC(=O)C[C@H](O)C[C@H](O)CC[C@@H](O)[C@H](O)C[C@H](O)C[C@]1(O)C[C@H](O)[C@@H](NC(=O)NC[C@H](O)CO)[C@H](C[C@H](/C=C/C)O[C@@H]2O[C@H](C)[C@@H](O)[C@H](NC[C@@]3(O)OC[C@@H](O)[C@H](O)[C@@H]3O)[C@@H]2O)O1. The van der Waals surface area contributed by atoms with E-state index < -0.39 is 204 Å². The standard InChI is InChI=1S/C56H95N3O23/c1-7-9-10-11-12-13-14-15-16-18-31(3)48(70)32(4)33(5)79-45(69)23-36(62)21-35(61)19-20-40(65)41(66)22-37(63)25-55(76)26-42(67)46(59-54(75)57-27-38(64)28-60)44(82-55)24-39(17-8-2)81-53-51(73)47(49(71)34(6)80-53)58-30-56(77)52(74)50(72)43(68)29-78-56/h7-18,31-44,46-53,58,60-68,70-74,76-77H,19-30H2,1-6H3,(H2,57,59,75)/b9-7+,11-10+,13-12+,15-14+,17-8+,18-16+/t31-,32-,33-,34+,35+,36+,37-,38-,39-,40+,41+,42-,43+,44-,46+,47-,48+,49+,50-,51-,52-,53-,55+,56+/m0/s1. The van der Waals surface area contributed by atoms with Gasteiger partial charge >= 0.3 is 12.0 Å². The third-order valence-electron chi connectivity index (χ3n) is 14.8. The Labute approximate surface area is 479 Å². The van der Waals surface area contributed by atoms with Gasteiger partial charge in [0.05, 0.1) is 112 Å². The van der Waals surface area contributed by atoms with Crippen LogP contribution in [0.3, 0.4) is 0 Å². The molecular weight excluding hydrogens is 1080 g/mol. The maximum Gasteiger partial charge on any atom is 0.315 e. The number of urea groups is 1. The molecule has 0 aromatic carbocycles. The summed E-state index contributed by atoms with van der Waals surface area (Å²) < 4.78 is 28.8. The van der Waals surface area contributed by atoms with Crippen LogP contribution in [-0.2, 0) is 28.5 Å². The number of allylic oxidation sites excluding steroid dienone is 10. The number of aliphatic hydroxyl groups excluding tert-OH is 14. The van der Waals surface area contributed by atoms with E-state index >= 15 is 0 Å². The summed E-state index contributed by atoms with van der Waals surface area (Å²) in [6.45, 7) is 7.87. The number of carbonyl (C=O) groups is 2. The second-order valence-electron chi connectivity index (χ2n) is 21.8. The Bertz CT molecular complexity index is 2050. The number of carbonyl (C=O) groups excluding carboxylic acids is 2. The second kappa shape index (κ2) is 35.7. The summed E-state index contributed by atoms with van der Waals surface area (Å²) in [4.78, 5) is 25.8. The highest BCUT2D eigenvalue weighted by Gasteiger charge is 2.52. The molecule has 3 rings (SSSR count). The van der Waals surface area contributed by atoms with Crippen LogP contribution in [-0.4, -0.2) is 254 Å². The fraction of sp³-hybridized carbons (Fsp3) is 0.750. The molecule has 3 fully saturated rings. The van der Waals surface area contributed by atoms with Crippen molar-refractivity contribution in [2.75, 3.05) is 26.3 Å². The predicted molar refractivity (Wildman–Crippen MR) is 294 cm³/mol. The lowest BCUT2D eigenvalue weighted by Gasteiger charge is -2.47. The molecule has 3 aliphatic rings. The van der Waals surface area contributed by atoms with Gasteiger partial charge in [0.25, 0.3) is 0 Å². The molecule has 26 heteroatoms. The summed E-state index contributed by atoms with van der Waals surface area (Å²) in [6.07, 6.45) is -7.16. The molecule has 0 radical (unpaired) electrons. The van der Waals surface area contributed by atoms with E-state index in [-0.39, 0.29) is 31.6 Å². The Morgan fingerprint density at radius 2 is 1.38 bits per heavy atom. The van der Waals surface area contributed by atoms with Gasteiger partial charge in [-0.3, -0.25) is 4.79 Å². The first-order chi connectivity index (χ1) is 38.6. The van der Waals surface area contributed by atoms with Crippen molar-refractivity contribution in [2.24, 2.45) is 11.8 Å². The number of ether oxygens (including phenoxy) is 5. The number of nitrogens with one attached hydrogen (secondary N) is 3. The molecule has 0 bridgehead atoms. The van der Waals surface area contributed by atoms with Crippen molar-refractivity contribution in [3.8, 4) is 0 Å². The predicted octanol–water partition coefficient (Wildman–Crippen LogP) is -3.07. The fourth-order valence-electron chi connectivity index (χ4n) is 9.71. The first-order valence-corrected chi connectivity index (χ1v) is 28.0. The Hall–Kier alpha value is -3.66. The third kappa shape index (κ3) is 23.7. The van der Waals surface area contributed by atoms with Crippen LogP contribution in [0.2, 0.25) is 0 Å². The van der Waals surface area contributed by atoms with E-state index in [0.717, 1.165) is 0 Å². The van der Waals surface area contributed by atoms with Crippen molar-refractivity contribution in [1.82, 2.24) is 16.0 Å². The number of aliphatic hydroxyl groups is 16. The van der Waals surface area contributed by atoms with Crippen molar-refractivity contribution < 1.29 is 115 Å². The van der Waals surface area contributed by atoms with E-state index in [1.807, 2.05) is 68.5 Å². The average Bonchev–Trinajstić information content (AvgIpc) is 3.46. The van der Waals surface area contributed by atoms with Crippen LogP contribution in [0.4, 0.5) is 4.79 Å². The molecule has 0 spiro atoms. The molecule has 0 aromatic heterocycles. The first kappa shape index (κ1) is 72.6. The third-order valence-corrected chi connectivity index (χ3v) is 14.8. The molecule has 0 unspecified atom stereocenters. The lowest BCUT2D eigenvalue weighted by atomic mass is 9.87. The molecule has 26 nitrogen and oxygen atoms in total. The van der Waals surface area contributed by atoms with Gasteiger partial charge in [-0.2, -0.15) is 0 Å². The van der Waals surface area contributed by atoms with Gasteiger partial charge in [-0.1, -0.05) is 86.8 Å². The Morgan fingerprint density at radius 1 is 0.732 bits per heavy atom. The first-order valence-electron chi connectivity index (χ1n) is 28.0. The van der Waals surface area contributed by atoms with Gasteiger partial charge in [-0.05, 0) is 47.0 Å². The van der Waals surface area contributed by atoms with Gasteiger partial charge in [0.2, 0.25) is 5.79 Å². The highest BCUT2D eigenvalue weighted by atomic mass is 16.7. The van der Waals surface area contributed by atoms with Crippen LogP contribution >= 0.6 is 0 Å². The van der Waals surface area contributed by atoms with Crippen molar-refractivity contribution >= 4 is 12.0 Å². The monoisotopic (exact) mass is 1180 g/mol. The van der Waals surface area contributed by atoms with E-state index in [2.05, 4.69) is 16.0 Å². The number of rotatable bonds is 33. The quantitative estimate of drug-likeness (QED) is 0.0176. The summed E-state index contributed by atoms with van der Waals surface area (Å²) >= 11 is 0. The van der Waals surface area contributed by atoms with Crippen LogP contribution in [0.5, 0.6) is 0 Å². The van der Waals surface area contributed by atoms with E-state index in [4.69, 9.17) is 23.7 Å². The van der Waals surface area contributed by atoms with Crippen LogP contribution in [0.25, 0.3) is 0 Å². The zero-order valence-corrected chi connectivity index (χ0v) is 47.6. The Morgan fingerprint density at radius 3 is 2.01 bits per heavy atom. The van der Waals surface area contributed by atoms with E-state index in [1.54, 1.807) is 32.9 Å². The molecule has 3 heterocycles. The van der Waals surface area contributed by atoms with Crippen molar-refractivity contribution in [3.05, 3.63) is 72.9 Å². The number of hydrogen-bond donors (Lipinski definition) is 19. The molecule has 82 heavy (non-hydrogen) atoms. The molecule has 19 N–H and O–H groups in total. The van der Waals surface area contributed by atoms with Crippen molar-refractivity contribution in [1.29, 1.82) is 0 Å². The number of esters is 1. The largest absolute Gasteiger partial charge is 0.462 e. The van der Waals surface area contributed by atoms with Gasteiger partial charge in [-0.15, -0.1) is 0 Å². The molecular formula is C56H95N3O23. The van der Waals surface area contributed by atoms with Crippen LogP contribution < -0.4 is 16.0 Å². The zero-order valence-electron chi connectivity index (χ0n) is 47.6. The molecule has 2 amide bonds. The highest BCUT2D eigenvalue weighted by molar-refractivity contribution is 5.74. The summed E-state index contributed by atoms with van der Waals surface area (Å²) in [5, 5.41) is 179. The maximum absolute atomic E-state index is 13.0. The average molecular weight is 1180 g/mol. The van der Waals surface area contributed by atoms with Crippen molar-refractivity contribution in [2.45, 2.75) is 227 Å². The maximum atomic E-state index is 13.0. The molecule has 3 aliphatic heterocycles. The van der Waals surface area contributed by atoms with Gasteiger partial charge in [0.15, 0.2) is 12.1 Å². The topological polar surface area (TPSA) is 440 Å². The number of amides is 2. The number of hydrogen-bond acceptors (Lipinski definition) is 24. The smallest absolute Gasteiger partial charge is 0.315 e. The molecule has 0 aromatic rings. The summed E-state index contributed by atoms with van der Waals surface area (Å²) in [5.74, 6) is -6.35. The minimum atomic E-state index is -2.46. The summed E-state index contributed by atoms with van der Waals surface area (Å²) in [6, 6.07) is -3.61. The van der Waals surface area contributed by atoms with Crippen LogP contribution in [0.1, 0.15) is 92.9 Å². The van der Waals surface area contributed by atoms with Gasteiger partial charge in [0, 0.05) is 44.1 Å². The Kier molecular flexibility index (Phi) is 31.6. The Balaban J connectivity index is 1.60. The van der Waals surface area contributed by atoms with Crippen LogP contribution in [0.15, 0.2) is 72.9 Å². The highest BCUT2D eigenvalue weighted by Crippen LogP contribution is 2.36. The normalized spacial score (nSPS) is 33.6. The lowest BCUT2D eigenvalue weighted by Crippen LogP contribution is -2.69. The summed E-state index contributed by atoms with van der Waals surface area (Å²) in [7, 11) is 0. The van der Waals surface area contributed by atoms with Crippen molar-refractivity contribution in [3.63, 3.8) is 0 Å². The van der Waals surface area contributed by atoms with Gasteiger partial charge in [0.1, 0.15) is 30.5 Å². The molecule has 0 saturated carbocycles. The second-order valence-corrected chi connectivity index (χ2v) is 21.8. The van der Waals surface area contributed by atoms with Crippen LogP contribution in [0, 0.1) is 11.8 Å². The minimum absolute atomic E-state index is 0.152. The van der Waals surface area contributed by atoms with E-state index in [0.29, 0.717) is 0 Å². The minimum Gasteiger partial charge on any atom is -0.462 e. The molecule has 3 saturated heterocycles. The van der Waals surface area contributed by atoms with E-state index in [9.17, 15) is 91.3 Å². The van der Waals surface area contributed by atoms with Gasteiger partial charge in [-0.25, -0.2) is 4.79 Å². The lowest BCUT2D eigenvalue weighted by molar-refractivity contribution is -0.322. The van der Waals surface area contributed by atoms with Gasteiger partial charge < -0.3 is 121 Å². The molecule has 24 atom stereocenters. The fourth-order valence-corrected chi connectivity index (χ4v) is 9.71. The van der Waals surface area contributed by atoms with E-state index in [1.165, 1.54) is 13.0 Å².